The Kier molecular flexibility index (Phi) is 5.03. The Morgan fingerprint density at radius 2 is 1.28 bits per heavy atom. The van der Waals surface area contributed by atoms with Gasteiger partial charge >= 0.3 is 0 Å². The minimum Gasteiger partial charge on any atom is -0.294 e. The summed E-state index contributed by atoms with van der Waals surface area (Å²) in [6, 6.07) is 30.4. The van der Waals surface area contributed by atoms with Crippen molar-refractivity contribution in [1.29, 1.82) is 0 Å². The van der Waals surface area contributed by atoms with Gasteiger partial charge in [0, 0.05) is 30.1 Å². The van der Waals surface area contributed by atoms with Gasteiger partial charge in [-0.05, 0) is 42.4 Å². The summed E-state index contributed by atoms with van der Waals surface area (Å²) in [6.45, 7) is 1.02. The van der Waals surface area contributed by atoms with Crippen molar-refractivity contribution in [1.82, 2.24) is 4.90 Å². The largest absolute Gasteiger partial charge is 0.294 e. The van der Waals surface area contributed by atoms with Crippen molar-refractivity contribution < 1.29 is 4.79 Å². The van der Waals surface area contributed by atoms with Gasteiger partial charge in [0.15, 0.2) is 5.78 Å². The van der Waals surface area contributed by atoms with E-state index in [4.69, 9.17) is 0 Å². The van der Waals surface area contributed by atoms with Gasteiger partial charge < -0.3 is 0 Å². The lowest BCUT2D eigenvalue weighted by Crippen LogP contribution is -2.44. The first-order chi connectivity index (χ1) is 14.3. The lowest BCUT2D eigenvalue weighted by Gasteiger charge is -2.38. The van der Waals surface area contributed by atoms with Crippen LogP contribution in [0, 0.1) is 5.92 Å². The maximum Gasteiger partial charge on any atom is 0.166 e. The molecule has 2 aliphatic heterocycles. The van der Waals surface area contributed by atoms with E-state index in [-0.39, 0.29) is 5.92 Å². The fraction of sp³-hybridized carbons (Fsp3) is 0.296. The van der Waals surface area contributed by atoms with E-state index in [1.807, 2.05) is 30.3 Å². The van der Waals surface area contributed by atoms with Crippen molar-refractivity contribution in [3.05, 3.63) is 96.1 Å². The molecule has 146 valence electrons. The number of benzene rings is 3. The highest BCUT2D eigenvalue weighted by Gasteiger charge is 2.42. The normalized spacial score (nSPS) is 23.8. The fourth-order valence-electron chi connectivity index (χ4n) is 5.23. The molecule has 2 heterocycles. The minimum absolute atomic E-state index is 0.169. The molecule has 0 amide bonds. The van der Waals surface area contributed by atoms with Crippen LogP contribution in [0.25, 0.3) is 11.1 Å². The molecule has 2 heteroatoms. The zero-order valence-corrected chi connectivity index (χ0v) is 16.7. The van der Waals surface area contributed by atoms with Crippen LogP contribution in [-0.2, 0) is 6.54 Å². The van der Waals surface area contributed by atoms with Gasteiger partial charge in [-0.3, -0.25) is 9.69 Å². The van der Waals surface area contributed by atoms with Gasteiger partial charge in [0.05, 0.1) is 0 Å². The molecule has 2 nitrogen and oxygen atoms in total. The molecule has 3 aromatic rings. The van der Waals surface area contributed by atoms with E-state index < -0.39 is 0 Å². The highest BCUT2D eigenvalue weighted by molar-refractivity contribution is 5.98. The van der Waals surface area contributed by atoms with Crippen molar-refractivity contribution in [3.8, 4) is 11.1 Å². The van der Waals surface area contributed by atoms with Crippen LogP contribution in [0.3, 0.4) is 0 Å². The molecule has 2 unspecified atom stereocenters. The first-order valence-electron chi connectivity index (χ1n) is 10.8. The molecule has 0 radical (unpaired) electrons. The average molecular weight is 382 g/mol. The Bertz CT molecular complexity index is 950. The third-order valence-corrected chi connectivity index (χ3v) is 6.74. The Morgan fingerprint density at radius 1 is 0.724 bits per heavy atom. The minimum atomic E-state index is 0.169. The van der Waals surface area contributed by atoms with E-state index in [9.17, 15) is 4.79 Å². The van der Waals surface area contributed by atoms with Gasteiger partial charge in [-0.15, -0.1) is 0 Å². The molecule has 2 atom stereocenters. The topological polar surface area (TPSA) is 20.3 Å². The Labute approximate surface area is 173 Å². The summed E-state index contributed by atoms with van der Waals surface area (Å²) in [5.41, 5.74) is 4.61. The van der Waals surface area contributed by atoms with Crippen molar-refractivity contribution >= 4 is 5.78 Å². The molecular formula is C27H27NO. The molecular weight excluding hydrogens is 354 g/mol. The van der Waals surface area contributed by atoms with Crippen molar-refractivity contribution in [3.63, 3.8) is 0 Å². The van der Waals surface area contributed by atoms with Gasteiger partial charge in [-0.25, -0.2) is 0 Å². The molecule has 0 spiro atoms. The van der Waals surface area contributed by atoms with Gasteiger partial charge in [0.25, 0.3) is 0 Å². The number of hydrogen-bond donors (Lipinski definition) is 0. The molecule has 0 N–H and O–H groups in total. The van der Waals surface area contributed by atoms with Crippen LogP contribution in [0.2, 0.25) is 0 Å². The number of hydrogen-bond acceptors (Lipinski definition) is 2. The molecule has 29 heavy (non-hydrogen) atoms. The third-order valence-electron chi connectivity index (χ3n) is 6.74. The predicted molar refractivity (Wildman–Crippen MR) is 118 cm³/mol. The molecule has 3 aromatic carbocycles. The number of nitrogens with zero attached hydrogens (tertiary/aromatic N) is 1. The van der Waals surface area contributed by atoms with Crippen LogP contribution in [-0.4, -0.2) is 22.8 Å². The quantitative estimate of drug-likeness (QED) is 0.507. The molecule has 0 saturated carbocycles. The van der Waals surface area contributed by atoms with Crippen molar-refractivity contribution in [2.75, 3.05) is 0 Å². The van der Waals surface area contributed by atoms with Crippen molar-refractivity contribution in [2.24, 2.45) is 5.92 Å². The number of fused-ring (bicyclic) bond motifs is 2. The Hall–Kier alpha value is -2.71. The number of rotatable bonds is 5. The van der Waals surface area contributed by atoms with E-state index in [0.29, 0.717) is 17.9 Å². The molecule has 2 saturated heterocycles. The van der Waals surface area contributed by atoms with E-state index >= 15 is 0 Å². The Balaban J connectivity index is 1.27. The second kappa shape index (κ2) is 7.96. The summed E-state index contributed by atoms with van der Waals surface area (Å²) < 4.78 is 0. The first kappa shape index (κ1) is 18.3. The summed E-state index contributed by atoms with van der Waals surface area (Å²) >= 11 is 0. The number of piperidine rings is 1. The SMILES string of the molecule is O=C(c1ccc(-c2ccccc2)cc1)C1CC2CCC(C1)N2Cc1ccccc1. The maximum absolute atomic E-state index is 13.2. The maximum atomic E-state index is 13.2. The van der Waals surface area contributed by atoms with Gasteiger partial charge in [0.1, 0.15) is 0 Å². The number of ketones is 1. The summed E-state index contributed by atoms with van der Waals surface area (Å²) in [6.07, 6.45) is 4.47. The third kappa shape index (κ3) is 3.77. The summed E-state index contributed by atoms with van der Waals surface area (Å²) in [7, 11) is 0. The summed E-state index contributed by atoms with van der Waals surface area (Å²) in [5.74, 6) is 0.503. The highest BCUT2D eigenvalue weighted by Crippen LogP contribution is 2.40. The van der Waals surface area contributed by atoms with E-state index in [0.717, 1.165) is 24.9 Å². The molecule has 0 aromatic heterocycles. The molecule has 2 bridgehead atoms. The average Bonchev–Trinajstić information content (AvgIpc) is 3.01. The number of Topliss-reactive ketones (excluding diaryl/α,β-unsaturated/α-hetero) is 1. The first-order valence-corrected chi connectivity index (χ1v) is 10.8. The van der Waals surface area contributed by atoms with Gasteiger partial charge in [-0.1, -0.05) is 84.9 Å². The van der Waals surface area contributed by atoms with Crippen molar-refractivity contribution in [2.45, 2.75) is 44.3 Å². The zero-order valence-electron chi connectivity index (χ0n) is 16.7. The van der Waals surface area contributed by atoms with E-state index in [2.05, 4.69) is 59.5 Å². The monoisotopic (exact) mass is 381 g/mol. The second-order valence-corrected chi connectivity index (χ2v) is 8.52. The van der Waals surface area contributed by atoms with Crippen LogP contribution in [0.5, 0.6) is 0 Å². The zero-order chi connectivity index (χ0) is 19.6. The second-order valence-electron chi connectivity index (χ2n) is 8.52. The number of carbonyl (C=O) groups is 1. The summed E-state index contributed by atoms with van der Waals surface area (Å²) in [5, 5.41) is 0. The van der Waals surface area contributed by atoms with E-state index in [1.165, 1.54) is 29.5 Å². The van der Waals surface area contributed by atoms with E-state index in [1.54, 1.807) is 0 Å². The number of carbonyl (C=O) groups excluding carboxylic acids is 1. The lowest BCUT2D eigenvalue weighted by atomic mass is 9.84. The van der Waals surface area contributed by atoms with Crippen LogP contribution in [0.1, 0.15) is 41.6 Å². The molecule has 5 rings (SSSR count). The van der Waals surface area contributed by atoms with Crippen LogP contribution < -0.4 is 0 Å². The van der Waals surface area contributed by atoms with Crippen LogP contribution >= 0.6 is 0 Å². The predicted octanol–water partition coefficient (Wildman–Crippen LogP) is 5.98. The van der Waals surface area contributed by atoms with Crippen LogP contribution in [0.15, 0.2) is 84.9 Å². The molecule has 0 aliphatic carbocycles. The highest BCUT2D eigenvalue weighted by atomic mass is 16.1. The van der Waals surface area contributed by atoms with Gasteiger partial charge in [0.2, 0.25) is 0 Å². The van der Waals surface area contributed by atoms with Gasteiger partial charge in [-0.2, -0.15) is 0 Å². The molecule has 2 aliphatic rings. The fourth-order valence-corrected chi connectivity index (χ4v) is 5.23. The lowest BCUT2D eigenvalue weighted by molar-refractivity contribution is 0.0678. The Morgan fingerprint density at radius 3 is 1.90 bits per heavy atom. The van der Waals surface area contributed by atoms with Crippen LogP contribution in [0.4, 0.5) is 0 Å². The summed E-state index contributed by atoms with van der Waals surface area (Å²) in [4.78, 5) is 15.9. The standard InChI is InChI=1S/C27H27NO/c29-27(23-13-11-22(12-14-23)21-9-5-2-6-10-21)24-17-25-15-16-26(18-24)28(25)19-20-7-3-1-4-8-20/h1-14,24-26H,15-19H2. The molecule has 2 fully saturated rings. The smallest absolute Gasteiger partial charge is 0.166 e.